The summed E-state index contributed by atoms with van der Waals surface area (Å²) < 4.78 is 5.22. The van der Waals surface area contributed by atoms with Crippen molar-refractivity contribution in [1.82, 2.24) is 4.90 Å². The second kappa shape index (κ2) is 6.86. The van der Waals surface area contributed by atoms with E-state index in [0.29, 0.717) is 42.0 Å². The Kier molecular flexibility index (Phi) is 5.32. The highest BCUT2D eigenvalue weighted by molar-refractivity contribution is 6.35. The maximum absolute atomic E-state index is 12.6. The molecule has 0 atom stereocenters. The molecule has 2 rings (SSSR count). The molecule has 0 radical (unpaired) electrons. The number of benzene rings is 1. The Morgan fingerprint density at radius 1 is 1.23 bits per heavy atom. The van der Waals surface area contributed by atoms with E-state index in [1.165, 1.54) is 0 Å². The largest absolute Gasteiger partial charge is 0.378 e. The van der Waals surface area contributed by atoms with Crippen LogP contribution in [0.4, 0.5) is 5.69 Å². The van der Waals surface area contributed by atoms with Crippen molar-refractivity contribution in [3.63, 3.8) is 0 Å². The molecule has 0 spiro atoms. The van der Waals surface area contributed by atoms with Gasteiger partial charge in [0.05, 0.1) is 23.9 Å². The van der Waals surface area contributed by atoms with E-state index in [1.54, 1.807) is 36.9 Å². The molecule has 1 heterocycles. The van der Waals surface area contributed by atoms with E-state index in [0.717, 1.165) is 0 Å². The fourth-order valence-electron chi connectivity index (χ4n) is 2.13. The van der Waals surface area contributed by atoms with Crippen LogP contribution in [-0.4, -0.2) is 43.0 Å². The first-order valence-corrected chi connectivity index (χ1v) is 7.71. The first-order valence-electron chi connectivity index (χ1n) is 6.96. The Balaban J connectivity index is 2.12. The summed E-state index contributed by atoms with van der Waals surface area (Å²) in [6, 6.07) is 4.77. The van der Waals surface area contributed by atoms with Crippen LogP contribution in [0.2, 0.25) is 10.0 Å². The molecule has 1 aromatic carbocycles. The van der Waals surface area contributed by atoms with Crippen molar-refractivity contribution in [3.8, 4) is 0 Å². The Morgan fingerprint density at radius 3 is 2.50 bits per heavy atom. The highest BCUT2D eigenvalue weighted by Crippen LogP contribution is 2.28. The molecule has 1 aliphatic heterocycles. The van der Waals surface area contributed by atoms with E-state index in [2.05, 4.69) is 5.32 Å². The predicted octanol–water partition coefficient (Wildman–Crippen LogP) is 2.82. The monoisotopic (exact) mass is 344 g/mol. The van der Waals surface area contributed by atoms with Gasteiger partial charge in [0.25, 0.3) is 0 Å². The molecule has 1 fully saturated rings. The number of nitrogens with zero attached hydrogens (tertiary/aromatic N) is 1. The summed E-state index contributed by atoms with van der Waals surface area (Å²) in [5.74, 6) is -0.653. The second-order valence-corrected chi connectivity index (χ2v) is 6.45. The molecule has 2 amide bonds. The average Bonchev–Trinajstić information content (AvgIpc) is 2.51. The standard InChI is InChI=1S/C15H18Cl2N2O3/c1-15(2,14(21)19-5-7-22-8-6-19)13(20)18-12-9-10(16)3-4-11(12)17/h3-4,9H,5-8H2,1-2H3,(H,18,20). The van der Waals surface area contributed by atoms with E-state index in [-0.39, 0.29) is 5.91 Å². The summed E-state index contributed by atoms with van der Waals surface area (Å²) in [4.78, 5) is 26.7. The molecule has 5 nitrogen and oxygen atoms in total. The van der Waals surface area contributed by atoms with Crippen LogP contribution < -0.4 is 5.32 Å². The first kappa shape index (κ1) is 17.1. The van der Waals surface area contributed by atoms with E-state index < -0.39 is 11.3 Å². The van der Waals surface area contributed by atoms with Gasteiger partial charge in [-0.3, -0.25) is 9.59 Å². The predicted molar refractivity (Wildman–Crippen MR) is 86.3 cm³/mol. The Hall–Kier alpha value is -1.30. The van der Waals surface area contributed by atoms with Crippen LogP contribution in [0.5, 0.6) is 0 Å². The number of hydrogen-bond acceptors (Lipinski definition) is 3. The Morgan fingerprint density at radius 2 is 1.86 bits per heavy atom. The molecule has 1 saturated heterocycles. The number of anilines is 1. The zero-order chi connectivity index (χ0) is 16.3. The number of nitrogens with one attached hydrogen (secondary N) is 1. The Bertz CT molecular complexity index is 584. The van der Waals surface area contributed by atoms with Gasteiger partial charge in [-0.1, -0.05) is 23.2 Å². The Labute approximate surface area is 139 Å². The van der Waals surface area contributed by atoms with Crippen molar-refractivity contribution in [2.75, 3.05) is 31.6 Å². The number of carbonyl (C=O) groups excluding carboxylic acids is 2. The maximum atomic E-state index is 12.6. The lowest BCUT2D eigenvalue weighted by Crippen LogP contribution is -2.51. The van der Waals surface area contributed by atoms with Crippen LogP contribution in [0.25, 0.3) is 0 Å². The highest BCUT2D eigenvalue weighted by atomic mass is 35.5. The normalized spacial score (nSPS) is 15.5. The van der Waals surface area contributed by atoms with Gasteiger partial charge in [0.1, 0.15) is 5.41 Å². The van der Waals surface area contributed by atoms with Crippen molar-refractivity contribution in [1.29, 1.82) is 0 Å². The number of rotatable bonds is 3. The van der Waals surface area contributed by atoms with E-state index >= 15 is 0 Å². The van der Waals surface area contributed by atoms with Crippen molar-refractivity contribution >= 4 is 40.7 Å². The smallest absolute Gasteiger partial charge is 0.239 e. The van der Waals surface area contributed by atoms with Crippen LogP contribution >= 0.6 is 23.2 Å². The van der Waals surface area contributed by atoms with Crippen molar-refractivity contribution in [2.45, 2.75) is 13.8 Å². The molecule has 0 unspecified atom stereocenters. The summed E-state index contributed by atoms with van der Waals surface area (Å²) in [7, 11) is 0. The minimum Gasteiger partial charge on any atom is -0.378 e. The van der Waals surface area contributed by atoms with E-state index in [1.807, 2.05) is 0 Å². The lowest BCUT2D eigenvalue weighted by atomic mass is 9.90. The van der Waals surface area contributed by atoms with Crippen LogP contribution in [0, 0.1) is 5.41 Å². The molecule has 0 aromatic heterocycles. The molecule has 0 bridgehead atoms. The molecule has 1 aliphatic rings. The first-order chi connectivity index (χ1) is 10.3. The fraction of sp³-hybridized carbons (Fsp3) is 0.467. The number of halogens is 2. The minimum absolute atomic E-state index is 0.230. The summed E-state index contributed by atoms with van der Waals surface area (Å²) >= 11 is 11.9. The summed E-state index contributed by atoms with van der Waals surface area (Å²) in [5, 5.41) is 3.50. The molecule has 0 saturated carbocycles. The maximum Gasteiger partial charge on any atom is 0.239 e. The number of carbonyl (C=O) groups is 2. The zero-order valence-electron chi connectivity index (χ0n) is 12.5. The fourth-order valence-corrected chi connectivity index (χ4v) is 2.47. The van der Waals surface area contributed by atoms with Gasteiger partial charge in [-0.2, -0.15) is 0 Å². The molecular formula is C15H18Cl2N2O3. The summed E-state index contributed by atoms with van der Waals surface area (Å²) in [6.45, 7) is 5.16. The SMILES string of the molecule is CC(C)(C(=O)Nc1cc(Cl)ccc1Cl)C(=O)N1CCOCC1. The van der Waals surface area contributed by atoms with Gasteiger partial charge in [-0.15, -0.1) is 0 Å². The van der Waals surface area contributed by atoms with Gasteiger partial charge in [-0.25, -0.2) is 0 Å². The molecule has 1 N–H and O–H groups in total. The van der Waals surface area contributed by atoms with Crippen LogP contribution in [0.3, 0.4) is 0 Å². The average molecular weight is 345 g/mol. The third-order valence-corrected chi connectivity index (χ3v) is 4.14. The number of ether oxygens (including phenoxy) is 1. The topological polar surface area (TPSA) is 58.6 Å². The highest BCUT2D eigenvalue weighted by Gasteiger charge is 2.39. The van der Waals surface area contributed by atoms with Gasteiger partial charge in [0, 0.05) is 18.1 Å². The van der Waals surface area contributed by atoms with Crippen LogP contribution in [0.1, 0.15) is 13.8 Å². The van der Waals surface area contributed by atoms with Crippen molar-refractivity contribution < 1.29 is 14.3 Å². The second-order valence-electron chi connectivity index (χ2n) is 5.61. The van der Waals surface area contributed by atoms with Crippen molar-refractivity contribution in [2.24, 2.45) is 5.41 Å². The van der Waals surface area contributed by atoms with Crippen molar-refractivity contribution in [3.05, 3.63) is 28.2 Å². The number of hydrogen-bond donors (Lipinski definition) is 1. The summed E-state index contributed by atoms with van der Waals surface area (Å²) in [6.07, 6.45) is 0. The van der Waals surface area contributed by atoms with Crippen LogP contribution in [-0.2, 0) is 14.3 Å². The molecule has 22 heavy (non-hydrogen) atoms. The van der Waals surface area contributed by atoms with Gasteiger partial charge < -0.3 is 15.0 Å². The van der Waals surface area contributed by atoms with E-state index in [4.69, 9.17) is 27.9 Å². The van der Waals surface area contributed by atoms with E-state index in [9.17, 15) is 9.59 Å². The van der Waals surface area contributed by atoms with Crippen LogP contribution in [0.15, 0.2) is 18.2 Å². The molecular weight excluding hydrogens is 327 g/mol. The number of morpholine rings is 1. The molecule has 120 valence electrons. The van der Waals surface area contributed by atoms with Gasteiger partial charge >= 0.3 is 0 Å². The van der Waals surface area contributed by atoms with Gasteiger partial charge in [0.2, 0.25) is 11.8 Å². The summed E-state index contributed by atoms with van der Waals surface area (Å²) in [5.41, 5.74) is -0.815. The lowest BCUT2D eigenvalue weighted by molar-refractivity contribution is -0.149. The quantitative estimate of drug-likeness (QED) is 0.857. The van der Waals surface area contributed by atoms with Gasteiger partial charge in [-0.05, 0) is 32.0 Å². The van der Waals surface area contributed by atoms with Gasteiger partial charge in [0.15, 0.2) is 0 Å². The molecule has 0 aliphatic carbocycles. The lowest BCUT2D eigenvalue weighted by Gasteiger charge is -2.33. The third-order valence-electron chi connectivity index (χ3n) is 3.58. The minimum atomic E-state index is -1.21. The molecule has 1 aromatic rings. The zero-order valence-corrected chi connectivity index (χ0v) is 14.0. The third kappa shape index (κ3) is 3.72. The number of amides is 2. The molecule has 7 heteroatoms.